The lowest BCUT2D eigenvalue weighted by molar-refractivity contribution is -0.384. The Morgan fingerprint density at radius 1 is 1.44 bits per heavy atom. The summed E-state index contributed by atoms with van der Waals surface area (Å²) in [6.45, 7) is 1.18. The van der Waals surface area contributed by atoms with Crippen molar-refractivity contribution in [2.75, 3.05) is 20.3 Å². The molecule has 0 heterocycles. The van der Waals surface area contributed by atoms with Crippen LogP contribution in [-0.4, -0.2) is 36.4 Å². The lowest BCUT2D eigenvalue weighted by Gasteiger charge is -2.15. The second-order valence-corrected chi connectivity index (χ2v) is 3.97. The maximum Gasteiger partial charge on any atom is 0.269 e. The largest absolute Gasteiger partial charge is 0.395 e. The van der Waals surface area contributed by atoms with E-state index in [0.29, 0.717) is 13.2 Å². The van der Waals surface area contributed by atoms with Crippen LogP contribution >= 0.6 is 0 Å². The molecule has 0 aromatic heterocycles. The summed E-state index contributed by atoms with van der Waals surface area (Å²) < 4.78 is 4.94. The second kappa shape index (κ2) is 7.75. The molecule has 1 rings (SSSR count). The molecule has 0 aliphatic heterocycles. The van der Waals surface area contributed by atoms with Gasteiger partial charge in [-0.2, -0.15) is 0 Å². The van der Waals surface area contributed by atoms with Crippen molar-refractivity contribution >= 4 is 5.69 Å². The maximum atomic E-state index is 10.5. The summed E-state index contributed by atoms with van der Waals surface area (Å²) in [7, 11) is 1.62. The number of benzene rings is 1. The van der Waals surface area contributed by atoms with Gasteiger partial charge in [-0.25, -0.2) is 0 Å². The molecule has 0 aliphatic carbocycles. The molecule has 0 amide bonds. The highest BCUT2D eigenvalue weighted by molar-refractivity contribution is 5.32. The van der Waals surface area contributed by atoms with Gasteiger partial charge < -0.3 is 15.2 Å². The standard InChI is InChI=1S/C12H18N2O4/c1-18-7-6-11(9-15)13-8-10-2-4-12(5-3-10)14(16)17/h2-5,11,13,15H,6-9H2,1H3. The van der Waals surface area contributed by atoms with E-state index in [1.807, 2.05) is 0 Å². The molecule has 0 saturated heterocycles. The monoisotopic (exact) mass is 254 g/mol. The van der Waals surface area contributed by atoms with Crippen LogP contribution in [0.25, 0.3) is 0 Å². The molecule has 6 heteroatoms. The van der Waals surface area contributed by atoms with E-state index in [0.717, 1.165) is 12.0 Å². The molecule has 0 fully saturated rings. The molecular formula is C12H18N2O4. The van der Waals surface area contributed by atoms with Crippen molar-refractivity contribution in [1.29, 1.82) is 0 Å². The molecule has 100 valence electrons. The minimum atomic E-state index is -0.424. The Kier molecular flexibility index (Phi) is 6.27. The third-order valence-electron chi connectivity index (χ3n) is 2.63. The molecule has 18 heavy (non-hydrogen) atoms. The van der Waals surface area contributed by atoms with Gasteiger partial charge in [0.05, 0.1) is 11.5 Å². The molecule has 6 nitrogen and oxygen atoms in total. The van der Waals surface area contributed by atoms with Gasteiger partial charge in [0.15, 0.2) is 0 Å². The van der Waals surface area contributed by atoms with E-state index >= 15 is 0 Å². The van der Waals surface area contributed by atoms with E-state index in [-0.39, 0.29) is 18.3 Å². The molecule has 0 radical (unpaired) electrons. The van der Waals surface area contributed by atoms with Crippen molar-refractivity contribution in [2.24, 2.45) is 0 Å². The molecule has 0 saturated carbocycles. The zero-order chi connectivity index (χ0) is 13.4. The minimum Gasteiger partial charge on any atom is -0.395 e. The van der Waals surface area contributed by atoms with Crippen LogP contribution in [-0.2, 0) is 11.3 Å². The Morgan fingerprint density at radius 3 is 2.61 bits per heavy atom. The van der Waals surface area contributed by atoms with Crippen molar-refractivity contribution in [1.82, 2.24) is 5.32 Å². The summed E-state index contributed by atoms with van der Waals surface area (Å²) in [5.41, 5.74) is 1.02. The number of nitrogens with zero attached hydrogens (tertiary/aromatic N) is 1. The Balaban J connectivity index is 2.44. The van der Waals surface area contributed by atoms with Crippen molar-refractivity contribution in [2.45, 2.75) is 19.0 Å². The summed E-state index contributed by atoms with van der Waals surface area (Å²) >= 11 is 0. The van der Waals surface area contributed by atoms with E-state index in [9.17, 15) is 10.1 Å². The Bertz CT molecular complexity index is 367. The van der Waals surface area contributed by atoms with Gasteiger partial charge in [-0.1, -0.05) is 12.1 Å². The van der Waals surface area contributed by atoms with Crippen molar-refractivity contribution in [3.8, 4) is 0 Å². The van der Waals surface area contributed by atoms with E-state index in [2.05, 4.69) is 5.32 Å². The summed E-state index contributed by atoms with van der Waals surface area (Å²) in [5, 5.41) is 22.8. The van der Waals surface area contributed by atoms with E-state index in [1.165, 1.54) is 12.1 Å². The quantitative estimate of drug-likeness (QED) is 0.535. The molecule has 1 atom stereocenters. The van der Waals surface area contributed by atoms with Gasteiger partial charge >= 0.3 is 0 Å². The number of nitro benzene ring substituents is 1. The van der Waals surface area contributed by atoms with Crippen LogP contribution in [0.15, 0.2) is 24.3 Å². The number of aliphatic hydroxyl groups is 1. The van der Waals surface area contributed by atoms with E-state index in [1.54, 1.807) is 19.2 Å². The third-order valence-corrected chi connectivity index (χ3v) is 2.63. The maximum absolute atomic E-state index is 10.5. The molecule has 1 aromatic carbocycles. The average molecular weight is 254 g/mol. The van der Waals surface area contributed by atoms with Gasteiger partial charge in [0.2, 0.25) is 0 Å². The summed E-state index contributed by atoms with van der Waals surface area (Å²) in [4.78, 5) is 10.1. The summed E-state index contributed by atoms with van der Waals surface area (Å²) in [5.74, 6) is 0. The number of ether oxygens (including phenoxy) is 1. The number of methoxy groups -OCH3 is 1. The van der Waals surface area contributed by atoms with Gasteiger partial charge in [0.25, 0.3) is 5.69 Å². The topological polar surface area (TPSA) is 84.6 Å². The molecule has 0 aliphatic rings. The lowest BCUT2D eigenvalue weighted by atomic mass is 10.1. The first-order valence-corrected chi connectivity index (χ1v) is 5.74. The minimum absolute atomic E-state index is 0.0276. The molecule has 0 spiro atoms. The molecule has 1 unspecified atom stereocenters. The van der Waals surface area contributed by atoms with Crippen LogP contribution in [0.5, 0.6) is 0 Å². The number of rotatable bonds is 8. The van der Waals surface area contributed by atoms with Crippen LogP contribution in [0.1, 0.15) is 12.0 Å². The molecule has 0 bridgehead atoms. The zero-order valence-electron chi connectivity index (χ0n) is 10.3. The fourth-order valence-electron chi connectivity index (χ4n) is 1.52. The second-order valence-electron chi connectivity index (χ2n) is 3.97. The number of non-ortho nitro benzene ring substituents is 1. The van der Waals surface area contributed by atoms with E-state index in [4.69, 9.17) is 9.84 Å². The highest BCUT2D eigenvalue weighted by atomic mass is 16.6. The van der Waals surface area contributed by atoms with Crippen LogP contribution in [0, 0.1) is 10.1 Å². The van der Waals surface area contributed by atoms with Gasteiger partial charge in [0.1, 0.15) is 0 Å². The summed E-state index contributed by atoms with van der Waals surface area (Å²) in [6, 6.07) is 6.33. The van der Waals surface area contributed by atoms with E-state index < -0.39 is 4.92 Å². The number of nitrogens with one attached hydrogen (secondary N) is 1. The lowest BCUT2D eigenvalue weighted by Crippen LogP contribution is -2.33. The van der Waals surface area contributed by atoms with Crippen LogP contribution < -0.4 is 5.32 Å². The zero-order valence-corrected chi connectivity index (χ0v) is 10.3. The van der Waals surface area contributed by atoms with Crippen LogP contribution in [0.2, 0.25) is 0 Å². The highest BCUT2D eigenvalue weighted by Crippen LogP contribution is 2.11. The molecular weight excluding hydrogens is 236 g/mol. The fraction of sp³-hybridized carbons (Fsp3) is 0.500. The number of hydrogen-bond donors (Lipinski definition) is 2. The first kappa shape index (κ1) is 14.6. The molecule has 2 N–H and O–H groups in total. The first-order chi connectivity index (χ1) is 8.67. The number of nitro groups is 1. The van der Waals surface area contributed by atoms with Crippen molar-refractivity contribution < 1.29 is 14.8 Å². The Hall–Kier alpha value is -1.50. The predicted octanol–water partition coefficient (Wildman–Crippen LogP) is 1.08. The number of hydrogen-bond acceptors (Lipinski definition) is 5. The highest BCUT2D eigenvalue weighted by Gasteiger charge is 2.07. The van der Waals surface area contributed by atoms with Crippen LogP contribution in [0.3, 0.4) is 0 Å². The summed E-state index contributed by atoms with van der Waals surface area (Å²) in [6.07, 6.45) is 0.722. The Labute approximate surface area is 106 Å². The van der Waals surface area contributed by atoms with Gasteiger partial charge in [-0.3, -0.25) is 10.1 Å². The first-order valence-electron chi connectivity index (χ1n) is 5.74. The van der Waals surface area contributed by atoms with Crippen molar-refractivity contribution in [3.05, 3.63) is 39.9 Å². The predicted molar refractivity (Wildman–Crippen MR) is 67.3 cm³/mol. The van der Waals surface area contributed by atoms with Gasteiger partial charge in [-0.15, -0.1) is 0 Å². The van der Waals surface area contributed by atoms with Crippen LogP contribution in [0.4, 0.5) is 5.69 Å². The molecule has 1 aromatic rings. The van der Waals surface area contributed by atoms with Gasteiger partial charge in [-0.05, 0) is 12.0 Å². The normalized spacial score (nSPS) is 12.3. The van der Waals surface area contributed by atoms with Crippen molar-refractivity contribution in [3.63, 3.8) is 0 Å². The Morgan fingerprint density at radius 2 is 2.11 bits per heavy atom. The fourth-order valence-corrected chi connectivity index (χ4v) is 1.52. The smallest absolute Gasteiger partial charge is 0.269 e. The SMILES string of the molecule is COCCC(CO)NCc1ccc([N+](=O)[O-])cc1. The third kappa shape index (κ3) is 4.79. The average Bonchev–Trinajstić information content (AvgIpc) is 2.39. The van der Waals surface area contributed by atoms with Gasteiger partial charge in [0, 0.05) is 38.4 Å². The number of aliphatic hydroxyl groups excluding tert-OH is 1.